The smallest absolute Gasteiger partial charge is 0.220 e. The van der Waals surface area contributed by atoms with Gasteiger partial charge in [-0.2, -0.15) is 0 Å². The summed E-state index contributed by atoms with van der Waals surface area (Å²) in [4.78, 5) is 4.92. The van der Waals surface area contributed by atoms with Crippen molar-refractivity contribution in [3.05, 3.63) is 70.7 Å². The van der Waals surface area contributed by atoms with Crippen LogP contribution in [0.4, 0.5) is 0 Å². The maximum Gasteiger partial charge on any atom is 0.220 e. The molecule has 0 aliphatic rings. The normalized spacial score (nSPS) is 12.1. The lowest BCUT2D eigenvalue weighted by Gasteiger charge is -2.20. The number of aryl methyl sites for hydroxylation is 4. The van der Waals surface area contributed by atoms with Gasteiger partial charge in [-0.1, -0.05) is 38.5 Å². The van der Waals surface area contributed by atoms with Gasteiger partial charge in [0.2, 0.25) is 5.69 Å². The van der Waals surface area contributed by atoms with Gasteiger partial charge in [0.25, 0.3) is 0 Å². The number of aromatic nitrogens is 2. The van der Waals surface area contributed by atoms with Crippen molar-refractivity contribution in [3.63, 3.8) is 0 Å². The zero-order valence-corrected chi connectivity index (χ0v) is 19.6. The third-order valence-corrected chi connectivity index (χ3v) is 6.10. The molecule has 2 heterocycles. The van der Waals surface area contributed by atoms with Crippen molar-refractivity contribution in [2.24, 2.45) is 12.5 Å². The van der Waals surface area contributed by atoms with E-state index in [2.05, 4.69) is 103 Å². The third-order valence-electron chi connectivity index (χ3n) is 6.10. The van der Waals surface area contributed by atoms with Gasteiger partial charge in [-0.05, 0) is 74.2 Å². The zero-order chi connectivity index (χ0) is 21.8. The fourth-order valence-electron chi connectivity index (χ4n) is 4.65. The minimum absolute atomic E-state index is 0.202. The van der Waals surface area contributed by atoms with Crippen LogP contribution >= 0.6 is 0 Å². The molecule has 0 aliphatic heterocycles. The molecule has 0 bridgehead atoms. The third kappa shape index (κ3) is 3.60. The standard InChI is InChI=1S/C28H33N2/c1-17-13-18(2)20(4)24(14-17)27-23-10-9-22-25(21(23)11-12-30(27)8)15-19(3)29-26(22)16-28(5,6)7/h9-15H,16H2,1-8H3/q+1. The van der Waals surface area contributed by atoms with Crippen LogP contribution in [0.1, 0.15) is 48.8 Å². The summed E-state index contributed by atoms with van der Waals surface area (Å²) in [5, 5.41) is 5.19. The molecule has 30 heavy (non-hydrogen) atoms. The maximum atomic E-state index is 4.92. The molecule has 0 fully saturated rings. The summed E-state index contributed by atoms with van der Waals surface area (Å²) in [6.45, 7) is 15.6. The van der Waals surface area contributed by atoms with Crippen molar-refractivity contribution in [1.82, 2.24) is 4.98 Å². The molecule has 2 aromatic carbocycles. The van der Waals surface area contributed by atoms with E-state index >= 15 is 0 Å². The highest BCUT2D eigenvalue weighted by molar-refractivity contribution is 6.11. The first-order chi connectivity index (χ1) is 14.0. The largest absolute Gasteiger partial charge is 0.257 e. The highest BCUT2D eigenvalue weighted by Crippen LogP contribution is 2.35. The molecule has 2 heteroatoms. The van der Waals surface area contributed by atoms with Crippen LogP contribution in [0, 0.1) is 33.1 Å². The molecule has 0 N–H and O–H groups in total. The minimum atomic E-state index is 0.202. The van der Waals surface area contributed by atoms with E-state index in [1.54, 1.807) is 0 Å². The Kier molecular flexibility index (Phi) is 4.92. The fraction of sp³-hybridized carbons (Fsp3) is 0.357. The number of nitrogens with zero attached hydrogens (tertiary/aromatic N) is 2. The fourth-order valence-corrected chi connectivity index (χ4v) is 4.65. The number of rotatable bonds is 2. The van der Waals surface area contributed by atoms with E-state index < -0.39 is 0 Å². The first-order valence-corrected chi connectivity index (χ1v) is 10.8. The average Bonchev–Trinajstić information content (AvgIpc) is 2.63. The molecule has 0 spiro atoms. The van der Waals surface area contributed by atoms with Gasteiger partial charge in [0.05, 0.1) is 10.9 Å². The molecule has 0 saturated heterocycles. The van der Waals surface area contributed by atoms with Crippen LogP contribution in [-0.4, -0.2) is 4.98 Å². The lowest BCUT2D eigenvalue weighted by Crippen LogP contribution is -2.30. The van der Waals surface area contributed by atoms with Gasteiger partial charge in [-0.15, -0.1) is 0 Å². The molecule has 4 rings (SSSR count). The second-order valence-corrected chi connectivity index (χ2v) is 10.1. The second kappa shape index (κ2) is 7.19. The molecule has 0 saturated carbocycles. The van der Waals surface area contributed by atoms with E-state index in [-0.39, 0.29) is 5.41 Å². The Balaban J connectivity index is 2.09. The quantitative estimate of drug-likeness (QED) is 0.271. The predicted octanol–water partition coefficient (Wildman–Crippen LogP) is 6.70. The van der Waals surface area contributed by atoms with Crippen molar-refractivity contribution in [2.75, 3.05) is 0 Å². The van der Waals surface area contributed by atoms with Crippen LogP contribution in [-0.2, 0) is 13.5 Å². The van der Waals surface area contributed by atoms with E-state index in [1.807, 2.05) is 0 Å². The van der Waals surface area contributed by atoms with Crippen LogP contribution in [0.25, 0.3) is 32.8 Å². The van der Waals surface area contributed by atoms with Gasteiger partial charge in [0.1, 0.15) is 7.05 Å². The summed E-state index contributed by atoms with van der Waals surface area (Å²) < 4.78 is 2.26. The predicted molar refractivity (Wildman–Crippen MR) is 128 cm³/mol. The summed E-state index contributed by atoms with van der Waals surface area (Å²) in [7, 11) is 2.15. The Morgan fingerprint density at radius 2 is 1.53 bits per heavy atom. The molecular weight excluding hydrogens is 364 g/mol. The first kappa shape index (κ1) is 20.5. The van der Waals surface area contributed by atoms with Crippen molar-refractivity contribution in [2.45, 2.75) is 54.9 Å². The zero-order valence-electron chi connectivity index (χ0n) is 19.6. The summed E-state index contributed by atoms with van der Waals surface area (Å²) in [5.74, 6) is 0. The average molecular weight is 398 g/mol. The number of hydrogen-bond donors (Lipinski definition) is 0. The van der Waals surface area contributed by atoms with Gasteiger partial charge in [-0.25, -0.2) is 4.57 Å². The van der Waals surface area contributed by atoms with Crippen molar-refractivity contribution in [1.29, 1.82) is 0 Å². The van der Waals surface area contributed by atoms with Gasteiger partial charge >= 0.3 is 0 Å². The Labute approximate surface area is 180 Å². The van der Waals surface area contributed by atoms with E-state index in [0.29, 0.717) is 0 Å². The Morgan fingerprint density at radius 3 is 2.23 bits per heavy atom. The first-order valence-electron chi connectivity index (χ1n) is 10.8. The Bertz CT molecular complexity index is 1290. The van der Waals surface area contributed by atoms with Crippen molar-refractivity contribution in [3.8, 4) is 11.3 Å². The van der Waals surface area contributed by atoms with E-state index in [0.717, 1.165) is 12.1 Å². The topological polar surface area (TPSA) is 16.8 Å². The molecule has 0 atom stereocenters. The van der Waals surface area contributed by atoms with E-state index in [4.69, 9.17) is 4.98 Å². The summed E-state index contributed by atoms with van der Waals surface area (Å²) in [6, 6.07) is 13.7. The molecule has 0 aliphatic carbocycles. The summed E-state index contributed by atoms with van der Waals surface area (Å²) in [6.07, 6.45) is 3.17. The molecular formula is C28H33N2+. The second-order valence-electron chi connectivity index (χ2n) is 10.1. The van der Waals surface area contributed by atoms with Crippen molar-refractivity contribution < 1.29 is 4.57 Å². The van der Waals surface area contributed by atoms with Crippen LogP contribution in [0.2, 0.25) is 0 Å². The molecule has 2 nitrogen and oxygen atoms in total. The van der Waals surface area contributed by atoms with E-state index in [1.165, 1.54) is 55.2 Å². The number of benzene rings is 2. The lowest BCUT2D eigenvalue weighted by atomic mass is 9.87. The van der Waals surface area contributed by atoms with Gasteiger partial charge < -0.3 is 0 Å². The van der Waals surface area contributed by atoms with Crippen molar-refractivity contribution >= 4 is 21.5 Å². The van der Waals surface area contributed by atoms with Crippen LogP contribution in [0.3, 0.4) is 0 Å². The highest BCUT2D eigenvalue weighted by Gasteiger charge is 2.21. The molecule has 2 aromatic heterocycles. The van der Waals surface area contributed by atoms with Gasteiger partial charge in [0.15, 0.2) is 6.20 Å². The van der Waals surface area contributed by atoms with Gasteiger partial charge in [-0.3, -0.25) is 4.98 Å². The van der Waals surface area contributed by atoms with Crippen LogP contribution in [0.15, 0.2) is 42.6 Å². The highest BCUT2D eigenvalue weighted by atomic mass is 14.9. The Morgan fingerprint density at radius 1 is 0.833 bits per heavy atom. The SMILES string of the molecule is Cc1cc(C)c(C)c(-c2c3ccc4c(CC(C)(C)C)nc(C)cc4c3cc[n+]2C)c1. The number of fused-ring (bicyclic) bond motifs is 3. The lowest BCUT2D eigenvalue weighted by molar-refractivity contribution is -0.659. The Hall–Kier alpha value is -2.74. The molecule has 0 unspecified atom stereocenters. The van der Waals surface area contributed by atoms with Crippen LogP contribution < -0.4 is 4.57 Å². The summed E-state index contributed by atoms with van der Waals surface area (Å²) in [5.41, 5.74) is 9.10. The minimum Gasteiger partial charge on any atom is -0.257 e. The molecule has 0 radical (unpaired) electrons. The number of hydrogen-bond acceptors (Lipinski definition) is 1. The maximum absolute atomic E-state index is 4.92. The van der Waals surface area contributed by atoms with E-state index in [9.17, 15) is 0 Å². The molecule has 0 amide bonds. The van der Waals surface area contributed by atoms with Crippen LogP contribution in [0.5, 0.6) is 0 Å². The summed E-state index contributed by atoms with van der Waals surface area (Å²) >= 11 is 0. The molecule has 154 valence electrons. The van der Waals surface area contributed by atoms with Gasteiger partial charge in [0, 0.05) is 28.2 Å². The number of pyridine rings is 2. The monoisotopic (exact) mass is 397 g/mol. The molecule has 4 aromatic rings.